The van der Waals surface area contributed by atoms with Gasteiger partial charge in [0, 0.05) is 12.7 Å². The van der Waals surface area contributed by atoms with Gasteiger partial charge in [-0.15, -0.1) is 0 Å². The third kappa shape index (κ3) is 10.9. The van der Waals surface area contributed by atoms with Gasteiger partial charge in [0.05, 0.1) is 16.8 Å². The number of hydrogen-bond donors (Lipinski definition) is 2. The molecule has 0 amide bonds. The number of benzene rings is 1. The van der Waals surface area contributed by atoms with E-state index in [1.165, 1.54) is 6.42 Å². The van der Waals surface area contributed by atoms with Gasteiger partial charge >= 0.3 is 12.1 Å². The highest BCUT2D eigenvalue weighted by atomic mass is 79.9. The highest BCUT2D eigenvalue weighted by Crippen LogP contribution is 2.23. The fraction of sp³-hybridized carbons (Fsp3) is 0.368. The van der Waals surface area contributed by atoms with Crippen LogP contribution in [0.2, 0.25) is 0 Å². The first-order valence-electron chi connectivity index (χ1n) is 8.58. The number of unbranched alkanes of at least 4 members (excludes halogenated alkanes) is 2. The summed E-state index contributed by atoms with van der Waals surface area (Å²) in [7, 11) is 0. The van der Waals surface area contributed by atoms with Gasteiger partial charge in [-0.3, -0.25) is 4.98 Å². The molecule has 0 aliphatic carbocycles. The molecule has 0 atom stereocenters. The Hall–Kier alpha value is -2.13. The van der Waals surface area contributed by atoms with Crippen LogP contribution in [0, 0.1) is 0 Å². The number of carbonyl (C=O) groups is 1. The summed E-state index contributed by atoms with van der Waals surface area (Å²) in [5.41, 5.74) is 1.09. The van der Waals surface area contributed by atoms with Crippen molar-refractivity contribution in [2.75, 3.05) is 13.2 Å². The van der Waals surface area contributed by atoms with Crippen molar-refractivity contribution in [2.45, 2.75) is 32.0 Å². The van der Waals surface area contributed by atoms with Crippen molar-refractivity contribution in [3.05, 3.63) is 58.8 Å². The summed E-state index contributed by atoms with van der Waals surface area (Å²) in [5.74, 6) is -1.83. The van der Waals surface area contributed by atoms with E-state index in [2.05, 4.69) is 26.2 Å². The fourth-order valence-electron chi connectivity index (χ4n) is 1.99. The quantitative estimate of drug-likeness (QED) is 0.522. The molecule has 5 nitrogen and oxygen atoms in total. The van der Waals surface area contributed by atoms with Crippen LogP contribution in [0.4, 0.5) is 13.2 Å². The third-order valence-electron chi connectivity index (χ3n) is 3.37. The molecule has 0 spiro atoms. The normalized spacial score (nSPS) is 10.7. The lowest BCUT2D eigenvalue weighted by Gasteiger charge is -2.08. The van der Waals surface area contributed by atoms with Crippen LogP contribution in [0.3, 0.4) is 0 Å². The maximum atomic E-state index is 10.6. The van der Waals surface area contributed by atoms with Crippen molar-refractivity contribution in [1.82, 2.24) is 10.3 Å². The molecular weight excluding hydrogens is 441 g/mol. The first-order valence-corrected chi connectivity index (χ1v) is 9.38. The summed E-state index contributed by atoms with van der Waals surface area (Å²) in [5, 5.41) is 10.5. The lowest BCUT2D eigenvalue weighted by atomic mass is 10.2. The molecule has 0 radical (unpaired) electrons. The SMILES string of the molecule is Brc1ccccc1OCCCCCNCc1ccccn1.O=C(O)C(F)(F)F. The molecule has 0 unspecified atom stereocenters. The molecule has 2 aromatic rings. The summed E-state index contributed by atoms with van der Waals surface area (Å²) < 4.78 is 38.5. The van der Waals surface area contributed by atoms with E-state index >= 15 is 0 Å². The van der Waals surface area contributed by atoms with Crippen LogP contribution in [0.5, 0.6) is 5.75 Å². The zero-order valence-corrected chi connectivity index (χ0v) is 16.7. The summed E-state index contributed by atoms with van der Waals surface area (Å²) >= 11 is 3.48. The molecule has 0 aliphatic heterocycles. The smallest absolute Gasteiger partial charge is 0.490 e. The van der Waals surface area contributed by atoms with Crippen molar-refractivity contribution in [3.63, 3.8) is 0 Å². The number of pyridine rings is 1. The van der Waals surface area contributed by atoms with Gasteiger partial charge in [-0.05, 0) is 66.0 Å². The molecule has 2 rings (SSSR count). The van der Waals surface area contributed by atoms with E-state index in [0.717, 1.165) is 48.5 Å². The van der Waals surface area contributed by atoms with Crippen LogP contribution in [0.15, 0.2) is 53.1 Å². The Kier molecular flexibility index (Phi) is 11.2. The van der Waals surface area contributed by atoms with E-state index < -0.39 is 12.1 Å². The maximum Gasteiger partial charge on any atom is 0.490 e. The second-order valence-corrected chi connectivity index (χ2v) is 6.49. The molecule has 154 valence electrons. The van der Waals surface area contributed by atoms with Crippen LogP contribution in [-0.2, 0) is 11.3 Å². The number of hydrogen-bond acceptors (Lipinski definition) is 4. The summed E-state index contributed by atoms with van der Waals surface area (Å²) in [6.07, 6.45) is 0.147. The number of aromatic nitrogens is 1. The minimum Gasteiger partial charge on any atom is -0.492 e. The molecule has 1 heterocycles. The van der Waals surface area contributed by atoms with Crippen LogP contribution in [-0.4, -0.2) is 35.4 Å². The predicted molar refractivity (Wildman–Crippen MR) is 103 cm³/mol. The third-order valence-corrected chi connectivity index (χ3v) is 4.02. The van der Waals surface area contributed by atoms with Crippen LogP contribution >= 0.6 is 15.9 Å². The topological polar surface area (TPSA) is 71.5 Å². The molecule has 1 aromatic heterocycles. The van der Waals surface area contributed by atoms with Gasteiger partial charge in [0.15, 0.2) is 0 Å². The number of nitrogens with zero attached hydrogens (tertiary/aromatic N) is 1. The first-order chi connectivity index (χ1) is 13.3. The summed E-state index contributed by atoms with van der Waals surface area (Å²) in [6, 6.07) is 14.0. The van der Waals surface area contributed by atoms with Crippen molar-refractivity contribution in [3.8, 4) is 5.75 Å². The van der Waals surface area contributed by atoms with E-state index in [1.807, 2.05) is 48.7 Å². The lowest BCUT2D eigenvalue weighted by molar-refractivity contribution is -0.192. The highest BCUT2D eigenvalue weighted by molar-refractivity contribution is 9.10. The average Bonchev–Trinajstić information content (AvgIpc) is 2.66. The summed E-state index contributed by atoms with van der Waals surface area (Å²) in [6.45, 7) is 2.63. The molecule has 0 fully saturated rings. The van der Waals surface area contributed by atoms with Gasteiger partial charge in [-0.1, -0.05) is 18.2 Å². The van der Waals surface area contributed by atoms with E-state index in [4.69, 9.17) is 14.6 Å². The number of alkyl halides is 3. The Morgan fingerprint density at radius 1 is 1.11 bits per heavy atom. The number of nitrogens with one attached hydrogen (secondary N) is 1. The van der Waals surface area contributed by atoms with Crippen molar-refractivity contribution < 1.29 is 27.8 Å². The molecule has 0 saturated heterocycles. The van der Waals surface area contributed by atoms with Crippen molar-refractivity contribution >= 4 is 21.9 Å². The number of rotatable bonds is 9. The predicted octanol–water partition coefficient (Wildman–Crippen LogP) is 4.82. The number of para-hydroxylation sites is 1. The lowest BCUT2D eigenvalue weighted by Crippen LogP contribution is -2.21. The largest absolute Gasteiger partial charge is 0.492 e. The van der Waals surface area contributed by atoms with Crippen molar-refractivity contribution in [1.29, 1.82) is 0 Å². The molecule has 0 saturated carbocycles. The number of ether oxygens (including phenoxy) is 1. The molecule has 9 heteroatoms. The zero-order valence-electron chi connectivity index (χ0n) is 15.1. The van der Waals surface area contributed by atoms with Gasteiger partial charge in [0.1, 0.15) is 5.75 Å². The van der Waals surface area contributed by atoms with Gasteiger partial charge in [0.25, 0.3) is 0 Å². The highest BCUT2D eigenvalue weighted by Gasteiger charge is 2.38. The van der Waals surface area contributed by atoms with Crippen molar-refractivity contribution in [2.24, 2.45) is 0 Å². The maximum absolute atomic E-state index is 10.6. The Morgan fingerprint density at radius 2 is 1.79 bits per heavy atom. The Labute approximate surface area is 170 Å². The van der Waals surface area contributed by atoms with Crippen LogP contribution in [0.25, 0.3) is 0 Å². The fourth-order valence-corrected chi connectivity index (χ4v) is 2.39. The van der Waals surface area contributed by atoms with Gasteiger partial charge < -0.3 is 15.2 Å². The number of carboxylic acid groups (broad SMARTS) is 1. The second kappa shape index (κ2) is 13.1. The average molecular weight is 463 g/mol. The molecule has 28 heavy (non-hydrogen) atoms. The molecule has 0 aliphatic rings. The van der Waals surface area contributed by atoms with E-state index in [1.54, 1.807) is 0 Å². The molecular formula is C19H22BrF3N2O3. The Balaban J connectivity index is 0.000000480. The first kappa shape index (κ1) is 23.9. The van der Waals surface area contributed by atoms with E-state index in [0.29, 0.717) is 0 Å². The minimum absolute atomic E-state index is 0.767. The molecule has 0 bridgehead atoms. The van der Waals surface area contributed by atoms with Crippen LogP contribution < -0.4 is 10.1 Å². The van der Waals surface area contributed by atoms with E-state index in [-0.39, 0.29) is 0 Å². The monoisotopic (exact) mass is 462 g/mol. The van der Waals surface area contributed by atoms with Crippen LogP contribution in [0.1, 0.15) is 25.0 Å². The van der Waals surface area contributed by atoms with Gasteiger partial charge in [-0.25, -0.2) is 4.79 Å². The standard InChI is InChI=1S/C17H21BrN2O.C2HF3O2/c18-16-9-2-3-10-17(16)21-13-7-1-5-11-19-14-15-8-4-6-12-20-15;3-2(4,5)1(6)7/h2-4,6,8-10,12,19H,1,5,7,11,13-14H2;(H,6,7). The Morgan fingerprint density at radius 3 is 2.39 bits per heavy atom. The van der Waals surface area contributed by atoms with Gasteiger partial charge in [-0.2, -0.15) is 13.2 Å². The zero-order chi connectivity index (χ0) is 20.8. The summed E-state index contributed by atoms with van der Waals surface area (Å²) in [4.78, 5) is 13.2. The van der Waals surface area contributed by atoms with Gasteiger partial charge in [0.2, 0.25) is 0 Å². The number of carboxylic acids is 1. The van der Waals surface area contributed by atoms with E-state index in [9.17, 15) is 13.2 Å². The number of aliphatic carboxylic acids is 1. The molecule has 1 aromatic carbocycles. The number of halogens is 4. The second-order valence-electron chi connectivity index (χ2n) is 5.64. The minimum atomic E-state index is -5.08. The Bertz CT molecular complexity index is 700. The molecule has 2 N–H and O–H groups in total.